The molecule has 7 heteroatoms. The van der Waals surface area contributed by atoms with Crippen LogP contribution < -0.4 is 9.47 Å². The second-order valence-corrected chi connectivity index (χ2v) is 7.46. The van der Waals surface area contributed by atoms with Crippen molar-refractivity contribution in [2.75, 3.05) is 0 Å². The van der Waals surface area contributed by atoms with Gasteiger partial charge < -0.3 is 14.6 Å². The predicted molar refractivity (Wildman–Crippen MR) is 110 cm³/mol. The molecule has 0 saturated carbocycles. The Hall–Kier alpha value is -3.48. The van der Waals surface area contributed by atoms with Crippen LogP contribution in [0.1, 0.15) is 25.0 Å². The third-order valence-corrected chi connectivity index (χ3v) is 4.58. The number of carboxylic acids is 1. The zero-order chi connectivity index (χ0) is 22.6. The van der Waals surface area contributed by atoms with Gasteiger partial charge in [-0.15, -0.1) is 0 Å². The van der Waals surface area contributed by atoms with Gasteiger partial charge in [0.2, 0.25) is 0 Å². The molecular formula is C24H21F3O4. The molecule has 3 aromatic carbocycles. The van der Waals surface area contributed by atoms with Gasteiger partial charge in [0.25, 0.3) is 0 Å². The largest absolute Gasteiger partial charge is 0.489 e. The van der Waals surface area contributed by atoms with Crippen molar-refractivity contribution >= 4 is 5.97 Å². The van der Waals surface area contributed by atoms with Gasteiger partial charge in [0, 0.05) is 0 Å². The fourth-order valence-electron chi connectivity index (χ4n) is 2.80. The number of halogens is 3. The Labute approximate surface area is 177 Å². The van der Waals surface area contributed by atoms with E-state index in [0.29, 0.717) is 17.1 Å². The molecule has 31 heavy (non-hydrogen) atoms. The average molecular weight is 430 g/mol. The Kier molecular flexibility index (Phi) is 6.24. The van der Waals surface area contributed by atoms with Gasteiger partial charge in [0.05, 0.1) is 5.56 Å². The lowest BCUT2D eigenvalue weighted by Crippen LogP contribution is -2.37. The van der Waals surface area contributed by atoms with E-state index in [1.165, 1.54) is 26.0 Å². The summed E-state index contributed by atoms with van der Waals surface area (Å²) in [7, 11) is 0. The number of benzene rings is 3. The van der Waals surface area contributed by atoms with Crippen molar-refractivity contribution in [2.24, 2.45) is 0 Å². The van der Waals surface area contributed by atoms with Gasteiger partial charge in [0.15, 0.2) is 5.60 Å². The molecule has 162 valence electrons. The van der Waals surface area contributed by atoms with Crippen LogP contribution in [0.3, 0.4) is 0 Å². The minimum absolute atomic E-state index is 0.123. The second kappa shape index (κ2) is 8.71. The van der Waals surface area contributed by atoms with E-state index in [2.05, 4.69) is 0 Å². The number of hydrogen-bond acceptors (Lipinski definition) is 3. The van der Waals surface area contributed by atoms with Gasteiger partial charge in [-0.05, 0) is 66.9 Å². The Morgan fingerprint density at radius 1 is 0.871 bits per heavy atom. The highest BCUT2D eigenvalue weighted by Gasteiger charge is 2.30. The van der Waals surface area contributed by atoms with E-state index in [4.69, 9.17) is 9.47 Å². The van der Waals surface area contributed by atoms with Crippen molar-refractivity contribution in [1.29, 1.82) is 0 Å². The number of carboxylic acid groups (broad SMARTS) is 1. The molecule has 0 unspecified atom stereocenters. The van der Waals surface area contributed by atoms with E-state index in [-0.39, 0.29) is 6.61 Å². The van der Waals surface area contributed by atoms with E-state index in [0.717, 1.165) is 23.3 Å². The molecule has 0 amide bonds. The lowest BCUT2D eigenvalue weighted by Gasteiger charge is -2.21. The van der Waals surface area contributed by atoms with E-state index in [1.54, 1.807) is 36.4 Å². The van der Waals surface area contributed by atoms with E-state index < -0.39 is 23.3 Å². The molecule has 1 N–H and O–H groups in total. The molecular weight excluding hydrogens is 409 g/mol. The Morgan fingerprint density at radius 2 is 1.42 bits per heavy atom. The quantitative estimate of drug-likeness (QED) is 0.485. The van der Waals surface area contributed by atoms with Crippen LogP contribution in [0.15, 0.2) is 72.8 Å². The van der Waals surface area contributed by atoms with Gasteiger partial charge in [-0.25, -0.2) is 4.79 Å². The molecule has 0 fully saturated rings. The summed E-state index contributed by atoms with van der Waals surface area (Å²) in [6.07, 6.45) is -4.37. The fraction of sp³-hybridized carbons (Fsp3) is 0.208. The third-order valence-electron chi connectivity index (χ3n) is 4.58. The average Bonchev–Trinajstić information content (AvgIpc) is 2.72. The molecule has 0 spiro atoms. The van der Waals surface area contributed by atoms with Gasteiger partial charge in [-0.1, -0.05) is 36.4 Å². The summed E-state index contributed by atoms with van der Waals surface area (Å²) < 4.78 is 49.3. The number of alkyl halides is 3. The number of carbonyl (C=O) groups is 1. The monoisotopic (exact) mass is 430 g/mol. The number of ether oxygens (including phenoxy) is 2. The Morgan fingerprint density at radius 3 is 1.97 bits per heavy atom. The van der Waals surface area contributed by atoms with Crippen LogP contribution in [-0.2, 0) is 17.6 Å². The summed E-state index contributed by atoms with van der Waals surface area (Å²) in [4.78, 5) is 11.3. The number of aliphatic carboxylic acids is 1. The molecule has 0 saturated heterocycles. The maximum atomic E-state index is 12.7. The first kappa shape index (κ1) is 22.2. The molecule has 0 aliphatic heterocycles. The van der Waals surface area contributed by atoms with E-state index in [1.807, 2.05) is 12.1 Å². The molecule has 0 radical (unpaired) electrons. The molecule has 3 rings (SSSR count). The topological polar surface area (TPSA) is 55.8 Å². The standard InChI is InChI=1S/C24H21F3O4/c1-23(2,22(28)29)31-21-8-4-6-18(14-21)17-5-3-7-20(13-17)30-15-16-9-11-19(12-10-16)24(25,26)27/h3-14H,15H2,1-2H3,(H,28,29). The Bertz CT molecular complexity index is 1060. The van der Waals surface area contributed by atoms with Crippen molar-refractivity contribution in [3.8, 4) is 22.6 Å². The highest BCUT2D eigenvalue weighted by Crippen LogP contribution is 2.30. The smallest absolute Gasteiger partial charge is 0.416 e. The van der Waals surface area contributed by atoms with Crippen LogP contribution in [0.5, 0.6) is 11.5 Å². The minimum Gasteiger partial charge on any atom is -0.489 e. The van der Waals surface area contributed by atoms with Crippen LogP contribution >= 0.6 is 0 Å². The Balaban J connectivity index is 1.72. The second-order valence-electron chi connectivity index (χ2n) is 7.46. The van der Waals surface area contributed by atoms with Crippen molar-refractivity contribution < 1.29 is 32.5 Å². The first-order chi connectivity index (χ1) is 14.5. The zero-order valence-electron chi connectivity index (χ0n) is 16.9. The molecule has 4 nitrogen and oxygen atoms in total. The summed E-state index contributed by atoms with van der Waals surface area (Å²) >= 11 is 0. The van der Waals surface area contributed by atoms with E-state index >= 15 is 0 Å². The summed E-state index contributed by atoms with van der Waals surface area (Å²) in [6, 6.07) is 19.1. The highest BCUT2D eigenvalue weighted by atomic mass is 19.4. The number of rotatable bonds is 7. The normalized spacial score (nSPS) is 11.8. The molecule has 0 heterocycles. The summed E-state index contributed by atoms with van der Waals surface area (Å²) in [5, 5.41) is 9.24. The van der Waals surface area contributed by atoms with Crippen LogP contribution in [0.4, 0.5) is 13.2 Å². The maximum Gasteiger partial charge on any atom is 0.416 e. The van der Waals surface area contributed by atoms with Crippen LogP contribution in [0.2, 0.25) is 0 Å². The first-order valence-corrected chi connectivity index (χ1v) is 9.46. The fourth-order valence-corrected chi connectivity index (χ4v) is 2.80. The van der Waals surface area contributed by atoms with Gasteiger partial charge in [-0.2, -0.15) is 13.2 Å². The van der Waals surface area contributed by atoms with Crippen LogP contribution in [0.25, 0.3) is 11.1 Å². The van der Waals surface area contributed by atoms with Crippen LogP contribution in [0, 0.1) is 0 Å². The van der Waals surface area contributed by atoms with Gasteiger partial charge in [-0.3, -0.25) is 0 Å². The lowest BCUT2D eigenvalue weighted by molar-refractivity contribution is -0.152. The predicted octanol–water partition coefficient (Wildman–Crippen LogP) is 6.19. The van der Waals surface area contributed by atoms with Crippen molar-refractivity contribution in [3.05, 3.63) is 83.9 Å². The van der Waals surface area contributed by atoms with Gasteiger partial charge in [0.1, 0.15) is 18.1 Å². The molecule has 0 aliphatic rings. The molecule has 0 aliphatic carbocycles. The minimum atomic E-state index is -4.37. The van der Waals surface area contributed by atoms with Crippen molar-refractivity contribution in [3.63, 3.8) is 0 Å². The van der Waals surface area contributed by atoms with E-state index in [9.17, 15) is 23.1 Å². The maximum absolute atomic E-state index is 12.7. The molecule has 0 atom stereocenters. The SMILES string of the molecule is CC(C)(Oc1cccc(-c2cccc(OCc3ccc(C(F)(F)F)cc3)c2)c1)C(=O)O. The van der Waals surface area contributed by atoms with Crippen molar-refractivity contribution in [2.45, 2.75) is 32.2 Å². The molecule has 3 aromatic rings. The first-order valence-electron chi connectivity index (χ1n) is 9.46. The van der Waals surface area contributed by atoms with Crippen molar-refractivity contribution in [1.82, 2.24) is 0 Å². The zero-order valence-corrected chi connectivity index (χ0v) is 16.9. The van der Waals surface area contributed by atoms with Gasteiger partial charge >= 0.3 is 12.1 Å². The van der Waals surface area contributed by atoms with Crippen LogP contribution in [-0.4, -0.2) is 16.7 Å². The number of hydrogen-bond donors (Lipinski definition) is 1. The summed E-state index contributed by atoms with van der Waals surface area (Å²) in [6.45, 7) is 3.06. The molecule has 0 aromatic heterocycles. The third kappa shape index (κ3) is 5.78. The molecule has 0 bridgehead atoms. The highest BCUT2D eigenvalue weighted by molar-refractivity contribution is 5.77. The summed E-state index contributed by atoms with van der Waals surface area (Å²) in [5.41, 5.74) is 0.170. The lowest BCUT2D eigenvalue weighted by atomic mass is 10.0. The summed E-state index contributed by atoms with van der Waals surface area (Å²) in [5.74, 6) is -0.105.